The summed E-state index contributed by atoms with van der Waals surface area (Å²) in [4.78, 5) is 25.7. The van der Waals surface area contributed by atoms with Gasteiger partial charge in [0.05, 0.1) is 11.4 Å². The van der Waals surface area contributed by atoms with Gasteiger partial charge in [-0.3, -0.25) is 14.5 Å². The molecule has 2 aromatic rings. The summed E-state index contributed by atoms with van der Waals surface area (Å²) in [6.07, 6.45) is 1.55. The molecule has 0 N–H and O–H groups in total. The lowest BCUT2D eigenvalue weighted by Gasteiger charge is -2.12. The molecule has 2 heterocycles. The molecule has 22 heavy (non-hydrogen) atoms. The Balaban J connectivity index is 1.79. The first-order valence-electron chi connectivity index (χ1n) is 6.28. The molecule has 0 saturated carbocycles. The maximum Gasteiger partial charge on any atom is 0.293 e. The number of carbonyl (C=O) groups is 2. The molecule has 0 radical (unpaired) electrons. The van der Waals surface area contributed by atoms with E-state index in [1.165, 1.54) is 12.1 Å². The summed E-state index contributed by atoms with van der Waals surface area (Å²) < 4.78 is 19.0. The smallest absolute Gasteiger partial charge is 0.293 e. The molecule has 0 aliphatic carbocycles. The fourth-order valence-corrected chi connectivity index (χ4v) is 3.20. The molecule has 7 heteroatoms. The maximum absolute atomic E-state index is 12.9. The normalized spacial score (nSPS) is 16.8. The van der Waals surface area contributed by atoms with Crippen LogP contribution >= 0.6 is 34.4 Å². The number of carbonyl (C=O) groups excluding carboxylic acids is 2. The molecule has 2 amide bonds. The molecule has 1 aliphatic heterocycles. The lowest BCUT2D eigenvalue weighted by Crippen LogP contribution is -2.27. The number of hydrogen-bond donors (Lipinski definition) is 0. The Morgan fingerprint density at radius 1 is 1.18 bits per heavy atom. The molecule has 0 atom stereocenters. The lowest BCUT2D eigenvalue weighted by molar-refractivity contribution is -0.123. The molecule has 1 aliphatic rings. The number of benzene rings is 1. The van der Waals surface area contributed by atoms with Gasteiger partial charge in [0.1, 0.15) is 11.6 Å². The maximum atomic E-state index is 12.9. The van der Waals surface area contributed by atoms with Crippen molar-refractivity contribution < 1.29 is 18.4 Å². The Morgan fingerprint density at radius 3 is 2.55 bits per heavy atom. The highest BCUT2D eigenvalue weighted by molar-refractivity contribution is 14.1. The first kappa shape index (κ1) is 15.3. The van der Waals surface area contributed by atoms with Crippen LogP contribution in [0.15, 0.2) is 45.7 Å². The van der Waals surface area contributed by atoms with E-state index in [1.54, 1.807) is 30.3 Å². The van der Waals surface area contributed by atoms with Crippen LogP contribution < -0.4 is 0 Å². The first-order valence-corrected chi connectivity index (χ1v) is 8.17. The monoisotopic (exact) mass is 429 g/mol. The largest absolute Gasteiger partial charge is 0.451 e. The highest BCUT2D eigenvalue weighted by atomic mass is 127. The summed E-state index contributed by atoms with van der Waals surface area (Å²) in [7, 11) is 0. The predicted octanol–water partition coefficient (Wildman–Crippen LogP) is 4.26. The minimum absolute atomic E-state index is 0.123. The molecule has 1 fully saturated rings. The number of furan rings is 1. The zero-order valence-electron chi connectivity index (χ0n) is 11.1. The van der Waals surface area contributed by atoms with Crippen molar-refractivity contribution in [2.75, 3.05) is 0 Å². The molecule has 4 nitrogen and oxygen atoms in total. The van der Waals surface area contributed by atoms with Crippen LogP contribution in [0.2, 0.25) is 0 Å². The van der Waals surface area contributed by atoms with Crippen molar-refractivity contribution in [3.8, 4) is 0 Å². The second-order valence-electron chi connectivity index (χ2n) is 4.54. The number of halogens is 2. The zero-order valence-corrected chi connectivity index (χ0v) is 14.1. The summed E-state index contributed by atoms with van der Waals surface area (Å²) in [5, 5.41) is -0.346. The molecule has 1 saturated heterocycles. The molecule has 0 unspecified atom stereocenters. The van der Waals surface area contributed by atoms with Crippen molar-refractivity contribution in [1.29, 1.82) is 0 Å². The molecule has 0 bridgehead atoms. The van der Waals surface area contributed by atoms with E-state index in [4.69, 9.17) is 4.42 Å². The third-order valence-electron chi connectivity index (χ3n) is 2.99. The molecule has 112 valence electrons. The minimum atomic E-state index is -0.370. The van der Waals surface area contributed by atoms with Crippen LogP contribution in [0.4, 0.5) is 9.18 Å². The van der Waals surface area contributed by atoms with E-state index in [9.17, 15) is 14.0 Å². The Hall–Kier alpha value is -1.61. The van der Waals surface area contributed by atoms with Crippen LogP contribution in [0, 0.1) is 9.58 Å². The Bertz CT molecular complexity index is 769. The van der Waals surface area contributed by atoms with Gasteiger partial charge in [-0.25, -0.2) is 4.39 Å². The van der Waals surface area contributed by atoms with Gasteiger partial charge in [0.25, 0.3) is 11.1 Å². The van der Waals surface area contributed by atoms with Crippen molar-refractivity contribution in [2.24, 2.45) is 0 Å². The number of amides is 2. The highest BCUT2D eigenvalue weighted by Crippen LogP contribution is 2.33. The van der Waals surface area contributed by atoms with Crippen LogP contribution in [0.5, 0.6) is 0 Å². The van der Waals surface area contributed by atoms with E-state index in [2.05, 4.69) is 0 Å². The number of imide groups is 1. The van der Waals surface area contributed by atoms with E-state index in [-0.39, 0.29) is 23.5 Å². The van der Waals surface area contributed by atoms with Gasteiger partial charge >= 0.3 is 0 Å². The van der Waals surface area contributed by atoms with Gasteiger partial charge in [-0.2, -0.15) is 0 Å². The molecule has 1 aromatic carbocycles. The second kappa shape index (κ2) is 6.25. The van der Waals surface area contributed by atoms with Gasteiger partial charge in [0.2, 0.25) is 0 Å². The first-order chi connectivity index (χ1) is 10.5. The van der Waals surface area contributed by atoms with Gasteiger partial charge in [-0.05, 0) is 64.2 Å². The number of nitrogens with zero attached hydrogens (tertiary/aromatic N) is 1. The standard InChI is InChI=1S/C15H9FINO3S/c16-10-3-1-9(2-4-10)8-18-14(19)12(22-15(18)20)7-11-5-6-13(17)21-11/h1-7H,8H2. The van der Waals surface area contributed by atoms with Crippen molar-refractivity contribution >= 4 is 51.6 Å². The van der Waals surface area contributed by atoms with Crippen LogP contribution in [0.25, 0.3) is 6.08 Å². The van der Waals surface area contributed by atoms with Gasteiger partial charge in [-0.15, -0.1) is 0 Å². The van der Waals surface area contributed by atoms with Gasteiger partial charge in [0.15, 0.2) is 3.77 Å². The summed E-state index contributed by atoms with van der Waals surface area (Å²) in [5.41, 5.74) is 0.692. The molecular weight excluding hydrogens is 420 g/mol. The SMILES string of the molecule is O=C1SC(=Cc2ccc(I)o2)C(=O)N1Cc1ccc(F)cc1. The van der Waals surface area contributed by atoms with Crippen LogP contribution in [0.1, 0.15) is 11.3 Å². The second-order valence-corrected chi connectivity index (χ2v) is 6.59. The molecular formula is C15H9FINO3S. The quantitative estimate of drug-likeness (QED) is 0.541. The summed E-state index contributed by atoms with van der Waals surface area (Å²) in [5.74, 6) is -0.201. The predicted molar refractivity (Wildman–Crippen MR) is 89.3 cm³/mol. The Labute approximate surface area is 143 Å². The topological polar surface area (TPSA) is 50.5 Å². The van der Waals surface area contributed by atoms with E-state index in [0.717, 1.165) is 16.7 Å². The molecule has 0 spiro atoms. The van der Waals surface area contributed by atoms with E-state index in [1.807, 2.05) is 22.6 Å². The fraction of sp³-hybridized carbons (Fsp3) is 0.0667. The van der Waals surface area contributed by atoms with E-state index >= 15 is 0 Å². The Kier molecular flexibility index (Phi) is 4.34. The number of thioether (sulfide) groups is 1. The average molecular weight is 429 g/mol. The summed E-state index contributed by atoms with van der Waals surface area (Å²) >= 11 is 2.89. The summed E-state index contributed by atoms with van der Waals surface area (Å²) in [6, 6.07) is 9.21. The van der Waals surface area contributed by atoms with Gasteiger partial charge < -0.3 is 4.42 Å². The van der Waals surface area contributed by atoms with Crippen LogP contribution in [-0.2, 0) is 11.3 Å². The summed E-state index contributed by atoms with van der Waals surface area (Å²) in [6.45, 7) is 0.123. The van der Waals surface area contributed by atoms with Gasteiger partial charge in [0, 0.05) is 6.08 Å². The number of rotatable bonds is 3. The number of hydrogen-bond acceptors (Lipinski definition) is 4. The third kappa shape index (κ3) is 3.25. The molecule has 3 rings (SSSR count). The van der Waals surface area contributed by atoms with E-state index in [0.29, 0.717) is 20.0 Å². The Morgan fingerprint density at radius 2 is 1.91 bits per heavy atom. The van der Waals surface area contributed by atoms with Crippen molar-refractivity contribution in [2.45, 2.75) is 6.54 Å². The van der Waals surface area contributed by atoms with Gasteiger partial charge in [-0.1, -0.05) is 12.1 Å². The van der Waals surface area contributed by atoms with Crippen LogP contribution in [-0.4, -0.2) is 16.0 Å². The zero-order chi connectivity index (χ0) is 15.7. The van der Waals surface area contributed by atoms with Crippen molar-refractivity contribution in [3.63, 3.8) is 0 Å². The molecule has 1 aromatic heterocycles. The van der Waals surface area contributed by atoms with Crippen molar-refractivity contribution in [1.82, 2.24) is 4.90 Å². The van der Waals surface area contributed by atoms with Crippen LogP contribution in [0.3, 0.4) is 0 Å². The minimum Gasteiger partial charge on any atom is -0.451 e. The van der Waals surface area contributed by atoms with E-state index < -0.39 is 0 Å². The lowest BCUT2D eigenvalue weighted by atomic mass is 10.2. The fourth-order valence-electron chi connectivity index (χ4n) is 1.94. The van der Waals surface area contributed by atoms with Crippen molar-refractivity contribution in [3.05, 3.63) is 62.2 Å². The third-order valence-corrected chi connectivity index (χ3v) is 4.48. The highest BCUT2D eigenvalue weighted by Gasteiger charge is 2.35. The average Bonchev–Trinajstić information content (AvgIpc) is 3.00.